The first kappa shape index (κ1) is 32.6. The molecule has 0 unspecified atom stereocenters. The van der Waals surface area contributed by atoms with Crippen molar-refractivity contribution in [3.8, 4) is 0 Å². The number of pyridine rings is 1. The number of halogens is 4. The number of aromatic nitrogens is 1. The van der Waals surface area contributed by atoms with Crippen molar-refractivity contribution in [2.24, 2.45) is 0 Å². The number of nitrogens with two attached hydrogens (primary N) is 1. The van der Waals surface area contributed by atoms with Crippen LogP contribution < -0.4 is 16.0 Å². The number of hydrogen-bond acceptors (Lipinski definition) is 7. The van der Waals surface area contributed by atoms with Crippen molar-refractivity contribution in [3.05, 3.63) is 82.1 Å². The first-order valence-electron chi connectivity index (χ1n) is 15.4. The molecule has 1 spiro atoms. The summed E-state index contributed by atoms with van der Waals surface area (Å²) in [4.78, 5) is 49.3. The molecule has 2 fully saturated rings. The van der Waals surface area contributed by atoms with Crippen molar-refractivity contribution in [2.75, 3.05) is 55.2 Å². The third-order valence-corrected chi connectivity index (χ3v) is 9.96. The Bertz CT molecular complexity index is 1660. The molecule has 47 heavy (non-hydrogen) atoms. The lowest BCUT2D eigenvalue weighted by molar-refractivity contribution is -0.141. The number of nitrogens with zero attached hydrogens (tertiary/aromatic N) is 4. The van der Waals surface area contributed by atoms with Gasteiger partial charge in [-0.1, -0.05) is 18.2 Å². The van der Waals surface area contributed by atoms with Crippen LogP contribution in [-0.2, 0) is 32.3 Å². The number of hydrogen-bond donors (Lipinski definition) is 2. The molecular formula is C33H34BrF3N6O4. The van der Waals surface area contributed by atoms with E-state index in [1.807, 2.05) is 36.4 Å². The van der Waals surface area contributed by atoms with Gasteiger partial charge in [0.2, 0.25) is 5.91 Å². The second-order valence-corrected chi connectivity index (χ2v) is 13.0. The number of rotatable bonds is 5. The molecule has 3 aliphatic rings. The number of amides is 3. The number of carbonyl (C=O) groups is 3. The molecule has 0 bridgehead atoms. The lowest BCUT2D eigenvalue weighted by Gasteiger charge is -2.44. The van der Waals surface area contributed by atoms with Gasteiger partial charge in [0.1, 0.15) is 0 Å². The zero-order valence-corrected chi connectivity index (χ0v) is 27.0. The van der Waals surface area contributed by atoms with Crippen molar-refractivity contribution in [1.29, 1.82) is 0 Å². The van der Waals surface area contributed by atoms with Gasteiger partial charge in [0.25, 0.3) is 5.91 Å². The van der Waals surface area contributed by atoms with Crippen LogP contribution in [0.4, 0.5) is 35.0 Å². The Morgan fingerprint density at radius 1 is 1.00 bits per heavy atom. The van der Waals surface area contributed by atoms with Crippen LogP contribution in [0.5, 0.6) is 0 Å². The van der Waals surface area contributed by atoms with E-state index in [0.29, 0.717) is 45.4 Å². The SMILES string of the molecule is Nc1c(Br)cc(C[C@@H](OC(=O)N2CCC3(CC2)CC(=O)Nc2ccccc23)C(=O)N2CCN(c3ccncc3)CC2)cc1C(F)(F)F. The van der Waals surface area contributed by atoms with Crippen LogP contribution >= 0.6 is 15.9 Å². The molecule has 3 aromatic rings. The topological polar surface area (TPSA) is 121 Å². The maximum atomic E-state index is 13.9. The predicted octanol–water partition coefficient (Wildman–Crippen LogP) is 5.22. The van der Waals surface area contributed by atoms with E-state index < -0.39 is 40.9 Å². The molecule has 4 heterocycles. The maximum Gasteiger partial charge on any atom is 0.418 e. The number of fused-ring (bicyclic) bond motifs is 2. The van der Waals surface area contributed by atoms with E-state index in [9.17, 15) is 27.6 Å². The smallest absolute Gasteiger partial charge is 0.418 e. The lowest BCUT2D eigenvalue weighted by Crippen LogP contribution is -2.54. The summed E-state index contributed by atoms with van der Waals surface area (Å²) in [6.07, 6.45) is -2.39. The highest BCUT2D eigenvalue weighted by atomic mass is 79.9. The number of carbonyl (C=O) groups excluding carboxylic acids is 3. The summed E-state index contributed by atoms with van der Waals surface area (Å²) < 4.78 is 47.3. The average molecular weight is 716 g/mol. The molecule has 1 atom stereocenters. The highest BCUT2D eigenvalue weighted by molar-refractivity contribution is 9.10. The molecule has 0 saturated carbocycles. The summed E-state index contributed by atoms with van der Waals surface area (Å²) in [6.45, 7) is 2.29. The molecule has 0 aliphatic carbocycles. The predicted molar refractivity (Wildman–Crippen MR) is 173 cm³/mol. The standard InChI is InChI=1S/C33H34BrF3N6O4/c34-25-18-21(17-24(29(25)38)33(35,36)37)19-27(30(45)42-15-13-41(14-16-42)22-5-9-39-10-6-22)47-31(46)43-11-7-32(8-12-43)20-28(44)40-26-4-2-1-3-23(26)32/h1-6,9-10,17-18,27H,7-8,11-16,19-20,38H2,(H,40,44)/t27-/m1/s1. The quantitative estimate of drug-likeness (QED) is 0.348. The zero-order chi connectivity index (χ0) is 33.3. The second-order valence-electron chi connectivity index (χ2n) is 12.2. The van der Waals surface area contributed by atoms with E-state index in [-0.39, 0.29) is 35.5 Å². The highest BCUT2D eigenvalue weighted by Gasteiger charge is 2.44. The number of para-hydroxylation sites is 1. The molecule has 2 aromatic carbocycles. The number of nitrogens with one attached hydrogen (secondary N) is 1. The third-order valence-electron chi connectivity index (χ3n) is 9.30. The minimum atomic E-state index is -4.72. The van der Waals surface area contributed by atoms with Gasteiger partial charge < -0.3 is 30.5 Å². The first-order valence-corrected chi connectivity index (χ1v) is 16.2. The van der Waals surface area contributed by atoms with Crippen molar-refractivity contribution in [2.45, 2.75) is 43.4 Å². The number of piperazine rings is 1. The van der Waals surface area contributed by atoms with Crippen LogP contribution in [0.2, 0.25) is 0 Å². The molecule has 3 aliphatic heterocycles. The summed E-state index contributed by atoms with van der Waals surface area (Å²) in [7, 11) is 0. The molecule has 2 saturated heterocycles. The highest BCUT2D eigenvalue weighted by Crippen LogP contribution is 2.45. The Balaban J connectivity index is 1.19. The van der Waals surface area contributed by atoms with E-state index >= 15 is 0 Å². The number of alkyl halides is 3. The van der Waals surface area contributed by atoms with Gasteiger partial charge in [-0.25, -0.2) is 4.79 Å². The van der Waals surface area contributed by atoms with Crippen molar-refractivity contribution in [1.82, 2.24) is 14.8 Å². The second kappa shape index (κ2) is 13.1. The fraction of sp³-hybridized carbons (Fsp3) is 0.394. The average Bonchev–Trinajstić information content (AvgIpc) is 3.06. The number of anilines is 3. The summed E-state index contributed by atoms with van der Waals surface area (Å²) in [5, 5.41) is 2.92. The third kappa shape index (κ3) is 6.87. The summed E-state index contributed by atoms with van der Waals surface area (Å²) in [5.74, 6) is -0.567. The Morgan fingerprint density at radius 2 is 1.68 bits per heavy atom. The molecule has 10 nitrogen and oxygen atoms in total. The van der Waals surface area contributed by atoms with Gasteiger partial charge in [-0.05, 0) is 70.2 Å². The molecule has 0 radical (unpaired) electrons. The maximum absolute atomic E-state index is 13.9. The zero-order valence-electron chi connectivity index (χ0n) is 25.4. The molecule has 3 N–H and O–H groups in total. The van der Waals surface area contributed by atoms with Gasteiger partial charge in [0, 0.05) is 85.8 Å². The number of benzene rings is 2. The molecule has 6 rings (SSSR count). The Morgan fingerprint density at radius 3 is 2.36 bits per heavy atom. The number of ether oxygens (including phenoxy) is 1. The molecule has 14 heteroatoms. The molecule has 3 amide bonds. The largest absolute Gasteiger partial charge is 0.436 e. The van der Waals surface area contributed by atoms with Crippen LogP contribution in [0.1, 0.15) is 36.0 Å². The van der Waals surface area contributed by atoms with Gasteiger partial charge in [0.05, 0.1) is 11.3 Å². The normalized spacial score (nSPS) is 18.4. The summed E-state index contributed by atoms with van der Waals surface area (Å²) in [5.41, 5.74) is 6.68. The first-order chi connectivity index (χ1) is 22.4. The molecular weight excluding hydrogens is 681 g/mol. The van der Waals surface area contributed by atoms with Crippen LogP contribution in [0, 0.1) is 0 Å². The number of nitrogen functional groups attached to an aromatic ring is 1. The van der Waals surface area contributed by atoms with E-state index in [4.69, 9.17) is 10.5 Å². The van der Waals surface area contributed by atoms with Crippen molar-refractivity contribution >= 4 is 50.9 Å². The van der Waals surface area contributed by atoms with Crippen LogP contribution in [0.15, 0.2) is 65.4 Å². The van der Waals surface area contributed by atoms with E-state index in [1.165, 1.54) is 11.0 Å². The lowest BCUT2D eigenvalue weighted by atomic mass is 9.68. The summed E-state index contributed by atoms with van der Waals surface area (Å²) in [6, 6.07) is 13.7. The van der Waals surface area contributed by atoms with Gasteiger partial charge in [0.15, 0.2) is 6.10 Å². The molecule has 248 valence electrons. The fourth-order valence-electron chi connectivity index (χ4n) is 6.77. The Labute approximate surface area is 278 Å². The van der Waals surface area contributed by atoms with Gasteiger partial charge in [-0.15, -0.1) is 0 Å². The van der Waals surface area contributed by atoms with E-state index in [0.717, 1.165) is 23.0 Å². The van der Waals surface area contributed by atoms with Crippen LogP contribution in [0.25, 0.3) is 0 Å². The number of piperidine rings is 1. The van der Waals surface area contributed by atoms with E-state index in [1.54, 1.807) is 17.3 Å². The van der Waals surface area contributed by atoms with Crippen molar-refractivity contribution in [3.63, 3.8) is 0 Å². The Kier molecular flexibility index (Phi) is 9.05. The van der Waals surface area contributed by atoms with Crippen LogP contribution in [-0.4, -0.2) is 78.1 Å². The summed E-state index contributed by atoms with van der Waals surface area (Å²) >= 11 is 3.11. The Hall–Kier alpha value is -4.33. The molecule has 1 aromatic heterocycles. The monoisotopic (exact) mass is 714 g/mol. The van der Waals surface area contributed by atoms with Gasteiger partial charge in [-0.2, -0.15) is 13.2 Å². The minimum absolute atomic E-state index is 0.0314. The van der Waals surface area contributed by atoms with E-state index in [2.05, 4.69) is 31.1 Å². The van der Waals surface area contributed by atoms with Gasteiger partial charge in [-0.3, -0.25) is 14.6 Å². The minimum Gasteiger partial charge on any atom is -0.436 e. The van der Waals surface area contributed by atoms with Crippen LogP contribution in [0.3, 0.4) is 0 Å². The number of likely N-dealkylation sites (tertiary alicyclic amines) is 1. The van der Waals surface area contributed by atoms with Crippen molar-refractivity contribution < 1.29 is 32.3 Å². The fourth-order valence-corrected chi connectivity index (χ4v) is 7.28. The van der Waals surface area contributed by atoms with Gasteiger partial charge >= 0.3 is 12.3 Å².